The second-order valence-electron chi connectivity index (χ2n) is 5.85. The zero-order valence-electron chi connectivity index (χ0n) is 15.8. The SMILES string of the molecule is CONC(C(=O)OC)c1cccc(C)c1CO/N=C(\C)c1ccccc1Br. The van der Waals surface area contributed by atoms with Crippen molar-refractivity contribution in [1.29, 1.82) is 0 Å². The largest absolute Gasteiger partial charge is 0.468 e. The average molecular weight is 435 g/mol. The number of hydrogen-bond donors (Lipinski definition) is 1. The molecule has 0 aliphatic carbocycles. The third kappa shape index (κ3) is 5.38. The second kappa shape index (κ2) is 10.2. The molecular formula is C20H23BrN2O4. The van der Waals surface area contributed by atoms with Crippen molar-refractivity contribution in [3.05, 3.63) is 69.2 Å². The highest BCUT2D eigenvalue weighted by atomic mass is 79.9. The first-order chi connectivity index (χ1) is 13.0. The van der Waals surface area contributed by atoms with Gasteiger partial charge in [0.2, 0.25) is 0 Å². The minimum atomic E-state index is -0.758. The van der Waals surface area contributed by atoms with Crippen molar-refractivity contribution in [2.75, 3.05) is 14.2 Å². The number of benzene rings is 2. The van der Waals surface area contributed by atoms with Crippen molar-refractivity contribution in [2.45, 2.75) is 26.5 Å². The maximum Gasteiger partial charge on any atom is 0.329 e. The van der Waals surface area contributed by atoms with Gasteiger partial charge in [0, 0.05) is 15.6 Å². The standard InChI is InChI=1S/C20H23BrN2O4/c1-13-8-7-10-16(19(23-26-4)20(24)25-3)17(13)12-27-22-14(2)15-9-5-6-11-18(15)21/h5-11,19,23H,12H2,1-4H3/b22-14+. The highest BCUT2D eigenvalue weighted by Gasteiger charge is 2.25. The van der Waals surface area contributed by atoms with E-state index in [2.05, 4.69) is 26.6 Å². The number of rotatable bonds is 8. The molecule has 1 unspecified atom stereocenters. The van der Waals surface area contributed by atoms with Gasteiger partial charge in [-0.1, -0.05) is 57.5 Å². The second-order valence-corrected chi connectivity index (χ2v) is 6.71. The van der Waals surface area contributed by atoms with Gasteiger partial charge in [0.15, 0.2) is 6.04 Å². The van der Waals surface area contributed by atoms with Gasteiger partial charge in [-0.3, -0.25) is 0 Å². The van der Waals surface area contributed by atoms with Crippen LogP contribution in [0.5, 0.6) is 0 Å². The monoisotopic (exact) mass is 434 g/mol. The number of carbonyl (C=O) groups excluding carboxylic acids is 1. The zero-order valence-corrected chi connectivity index (χ0v) is 17.4. The molecule has 0 radical (unpaired) electrons. The van der Waals surface area contributed by atoms with Crippen LogP contribution in [0.15, 0.2) is 52.1 Å². The molecule has 0 bridgehead atoms. The van der Waals surface area contributed by atoms with E-state index in [1.165, 1.54) is 14.2 Å². The molecule has 1 N–H and O–H groups in total. The Bertz CT molecular complexity index is 823. The molecule has 0 heterocycles. The lowest BCUT2D eigenvalue weighted by Crippen LogP contribution is -2.30. The summed E-state index contributed by atoms with van der Waals surface area (Å²) in [7, 11) is 2.79. The fourth-order valence-electron chi connectivity index (χ4n) is 2.66. The first-order valence-corrected chi connectivity index (χ1v) is 9.15. The van der Waals surface area contributed by atoms with Crippen LogP contribution in [0.4, 0.5) is 0 Å². The summed E-state index contributed by atoms with van der Waals surface area (Å²) in [5.74, 6) is -0.448. The lowest BCUT2D eigenvalue weighted by molar-refractivity contribution is -0.147. The van der Waals surface area contributed by atoms with Gasteiger partial charge < -0.3 is 14.4 Å². The number of hydrogen-bond acceptors (Lipinski definition) is 6. The summed E-state index contributed by atoms with van der Waals surface area (Å²) >= 11 is 3.51. The predicted molar refractivity (Wildman–Crippen MR) is 107 cm³/mol. The minimum Gasteiger partial charge on any atom is -0.468 e. The van der Waals surface area contributed by atoms with E-state index >= 15 is 0 Å². The van der Waals surface area contributed by atoms with Gasteiger partial charge in [0.05, 0.1) is 19.9 Å². The van der Waals surface area contributed by atoms with Gasteiger partial charge in [0.25, 0.3) is 0 Å². The number of halogens is 1. The number of hydroxylamine groups is 1. The third-order valence-electron chi connectivity index (χ3n) is 4.10. The maximum atomic E-state index is 12.1. The Hall–Kier alpha value is -2.22. The highest BCUT2D eigenvalue weighted by molar-refractivity contribution is 9.10. The normalized spacial score (nSPS) is 12.6. The molecule has 6 nitrogen and oxygen atoms in total. The van der Waals surface area contributed by atoms with Crippen LogP contribution in [0.2, 0.25) is 0 Å². The number of nitrogens with zero attached hydrogens (tertiary/aromatic N) is 1. The predicted octanol–water partition coefficient (Wildman–Crippen LogP) is 4.06. The maximum absolute atomic E-state index is 12.1. The summed E-state index contributed by atoms with van der Waals surface area (Å²) in [6.07, 6.45) is 0. The zero-order chi connectivity index (χ0) is 19.8. The molecule has 0 saturated carbocycles. The molecule has 2 rings (SSSR count). The van der Waals surface area contributed by atoms with E-state index in [0.717, 1.165) is 32.4 Å². The van der Waals surface area contributed by atoms with E-state index in [1.807, 2.05) is 56.3 Å². The molecule has 1 atom stereocenters. The molecule has 144 valence electrons. The van der Waals surface area contributed by atoms with Gasteiger partial charge in [0.1, 0.15) is 6.61 Å². The molecule has 2 aromatic rings. The number of methoxy groups -OCH3 is 1. The van der Waals surface area contributed by atoms with Crippen molar-refractivity contribution in [2.24, 2.45) is 5.16 Å². The van der Waals surface area contributed by atoms with Gasteiger partial charge in [-0.2, -0.15) is 5.48 Å². The number of oxime groups is 1. The molecule has 0 aromatic heterocycles. The molecule has 0 saturated heterocycles. The summed E-state index contributed by atoms with van der Waals surface area (Å²) < 4.78 is 5.82. The molecule has 0 aliphatic heterocycles. The molecular weight excluding hydrogens is 412 g/mol. The topological polar surface area (TPSA) is 69.2 Å². The summed E-state index contributed by atoms with van der Waals surface area (Å²) in [6.45, 7) is 4.04. The summed E-state index contributed by atoms with van der Waals surface area (Å²) in [5, 5.41) is 4.22. The number of ether oxygens (including phenoxy) is 1. The minimum absolute atomic E-state index is 0.211. The lowest BCUT2D eigenvalue weighted by atomic mass is 9.97. The molecule has 0 fully saturated rings. The van der Waals surface area contributed by atoms with Gasteiger partial charge in [-0.05, 0) is 31.0 Å². The Morgan fingerprint density at radius 1 is 1.19 bits per heavy atom. The smallest absolute Gasteiger partial charge is 0.329 e. The van der Waals surface area contributed by atoms with Crippen LogP contribution in [0, 0.1) is 6.92 Å². The van der Waals surface area contributed by atoms with Crippen molar-refractivity contribution < 1.29 is 19.2 Å². The van der Waals surface area contributed by atoms with Gasteiger partial charge in [-0.15, -0.1) is 0 Å². The van der Waals surface area contributed by atoms with Crippen molar-refractivity contribution in [3.8, 4) is 0 Å². The van der Waals surface area contributed by atoms with E-state index in [9.17, 15) is 4.79 Å². The summed E-state index contributed by atoms with van der Waals surface area (Å²) in [6, 6.07) is 12.7. The molecule has 0 aliphatic rings. The van der Waals surface area contributed by atoms with Gasteiger partial charge in [-0.25, -0.2) is 4.79 Å². The Morgan fingerprint density at radius 2 is 1.93 bits per heavy atom. The van der Waals surface area contributed by atoms with Crippen LogP contribution in [-0.2, 0) is 25.8 Å². The number of esters is 1. The number of nitrogens with one attached hydrogen (secondary N) is 1. The van der Waals surface area contributed by atoms with Crippen LogP contribution < -0.4 is 5.48 Å². The van der Waals surface area contributed by atoms with Crippen molar-refractivity contribution >= 4 is 27.6 Å². The van der Waals surface area contributed by atoms with E-state index < -0.39 is 12.0 Å². The summed E-state index contributed by atoms with van der Waals surface area (Å²) in [4.78, 5) is 22.7. The van der Waals surface area contributed by atoms with Crippen LogP contribution >= 0.6 is 15.9 Å². The summed E-state index contributed by atoms with van der Waals surface area (Å²) in [5.41, 5.74) is 6.93. The first-order valence-electron chi connectivity index (χ1n) is 8.35. The van der Waals surface area contributed by atoms with E-state index in [1.54, 1.807) is 0 Å². The molecule has 2 aromatic carbocycles. The Morgan fingerprint density at radius 3 is 2.59 bits per heavy atom. The highest BCUT2D eigenvalue weighted by Crippen LogP contribution is 2.24. The number of aryl methyl sites for hydroxylation is 1. The quantitative estimate of drug-likeness (QED) is 0.385. The first kappa shape index (κ1) is 21.1. The Labute approximate surface area is 167 Å². The average Bonchev–Trinajstić information content (AvgIpc) is 2.67. The van der Waals surface area contributed by atoms with Crippen molar-refractivity contribution in [1.82, 2.24) is 5.48 Å². The molecule has 0 spiro atoms. The van der Waals surface area contributed by atoms with Crippen LogP contribution in [0.1, 0.15) is 35.2 Å². The van der Waals surface area contributed by atoms with E-state index in [0.29, 0.717) is 0 Å². The molecule has 0 amide bonds. The number of carbonyl (C=O) groups is 1. The van der Waals surface area contributed by atoms with Crippen LogP contribution in [-0.4, -0.2) is 25.9 Å². The fraction of sp³-hybridized carbons (Fsp3) is 0.300. The molecule has 27 heavy (non-hydrogen) atoms. The Balaban J connectivity index is 2.25. The Kier molecular flexibility index (Phi) is 7.97. The third-order valence-corrected chi connectivity index (χ3v) is 4.80. The lowest BCUT2D eigenvalue weighted by Gasteiger charge is -2.19. The van der Waals surface area contributed by atoms with Crippen LogP contribution in [0.3, 0.4) is 0 Å². The van der Waals surface area contributed by atoms with E-state index in [4.69, 9.17) is 14.4 Å². The van der Waals surface area contributed by atoms with Gasteiger partial charge >= 0.3 is 5.97 Å². The fourth-order valence-corrected chi connectivity index (χ4v) is 3.24. The van der Waals surface area contributed by atoms with Crippen molar-refractivity contribution in [3.63, 3.8) is 0 Å². The van der Waals surface area contributed by atoms with Crippen LogP contribution in [0.25, 0.3) is 0 Å². The van der Waals surface area contributed by atoms with E-state index in [-0.39, 0.29) is 6.61 Å². The molecule has 7 heteroatoms.